The number of pyridine rings is 1. The fourth-order valence-corrected chi connectivity index (χ4v) is 3.26. The third kappa shape index (κ3) is 2.22. The molecular weight excluding hydrogens is 302 g/mol. The molecule has 0 bridgehead atoms. The van der Waals surface area contributed by atoms with E-state index in [9.17, 15) is 0 Å². The minimum Gasteiger partial charge on any atom is -0.356 e. The van der Waals surface area contributed by atoms with Crippen molar-refractivity contribution in [2.75, 3.05) is 5.32 Å². The highest BCUT2D eigenvalue weighted by molar-refractivity contribution is 5.89. The van der Waals surface area contributed by atoms with Crippen molar-refractivity contribution >= 4 is 33.5 Å². The summed E-state index contributed by atoms with van der Waals surface area (Å²) >= 11 is 0. The van der Waals surface area contributed by atoms with Gasteiger partial charge in [-0.3, -0.25) is 10.1 Å². The second kappa shape index (κ2) is 5.33. The first-order valence-electron chi connectivity index (χ1n) is 8.31. The molecule has 1 aliphatic rings. The van der Waals surface area contributed by atoms with Gasteiger partial charge in [-0.1, -0.05) is 24.4 Å². The molecule has 0 saturated heterocycles. The lowest BCUT2D eigenvalue weighted by Crippen LogP contribution is -2.13. The highest BCUT2D eigenvalue weighted by Crippen LogP contribution is 2.33. The van der Waals surface area contributed by atoms with Crippen LogP contribution in [0, 0.1) is 5.92 Å². The Morgan fingerprint density at radius 2 is 2.21 bits per heavy atom. The summed E-state index contributed by atoms with van der Waals surface area (Å²) in [6.45, 7) is 0. The lowest BCUT2D eigenvalue weighted by atomic mass is 9.82. The molecule has 24 heavy (non-hydrogen) atoms. The van der Waals surface area contributed by atoms with Gasteiger partial charge in [0.15, 0.2) is 11.4 Å². The number of fused-ring (bicyclic) bond motifs is 2. The Hall–Kier alpha value is -2.89. The van der Waals surface area contributed by atoms with E-state index in [0.717, 1.165) is 45.7 Å². The molecule has 3 heterocycles. The zero-order valence-electron chi connectivity index (χ0n) is 13.1. The van der Waals surface area contributed by atoms with E-state index in [2.05, 4.69) is 31.7 Å². The predicted octanol–water partition coefficient (Wildman–Crippen LogP) is 4.19. The Bertz CT molecular complexity index is 1010. The number of rotatable bonds is 4. The molecule has 0 radical (unpaired) electrons. The number of nitrogens with one attached hydrogen (secondary N) is 2. The smallest absolute Gasteiger partial charge is 0.178 e. The first-order chi connectivity index (χ1) is 11.9. The van der Waals surface area contributed by atoms with E-state index in [-0.39, 0.29) is 0 Å². The molecule has 0 aliphatic heterocycles. The van der Waals surface area contributed by atoms with Gasteiger partial charge in [-0.2, -0.15) is 5.10 Å². The fourth-order valence-electron chi connectivity index (χ4n) is 3.26. The van der Waals surface area contributed by atoms with Gasteiger partial charge in [-0.15, -0.1) is 0 Å². The van der Waals surface area contributed by atoms with Crippen LogP contribution in [0.1, 0.15) is 25.0 Å². The largest absolute Gasteiger partial charge is 0.356 e. The van der Waals surface area contributed by atoms with Gasteiger partial charge in [0.2, 0.25) is 0 Å². The van der Waals surface area contributed by atoms with Crippen LogP contribution >= 0.6 is 0 Å². The number of hydrogen-bond acceptors (Lipinski definition) is 5. The summed E-state index contributed by atoms with van der Waals surface area (Å²) in [5.74, 6) is 1.48. The molecule has 3 aromatic heterocycles. The average Bonchev–Trinajstić information content (AvgIpc) is 3.15. The maximum absolute atomic E-state index is 5.53. The number of aromatic nitrogens is 4. The van der Waals surface area contributed by atoms with Crippen LogP contribution in [0.4, 0.5) is 11.5 Å². The summed E-state index contributed by atoms with van der Waals surface area (Å²) < 4.78 is 5.53. The van der Waals surface area contributed by atoms with Crippen molar-refractivity contribution in [1.29, 1.82) is 0 Å². The minimum absolute atomic E-state index is 0.708. The Morgan fingerprint density at radius 3 is 3.08 bits per heavy atom. The highest BCUT2D eigenvalue weighted by Gasteiger charge is 2.21. The van der Waals surface area contributed by atoms with E-state index in [4.69, 9.17) is 4.52 Å². The Morgan fingerprint density at radius 1 is 1.25 bits per heavy atom. The van der Waals surface area contributed by atoms with Crippen molar-refractivity contribution < 1.29 is 4.52 Å². The Balaban J connectivity index is 1.45. The van der Waals surface area contributed by atoms with Crippen LogP contribution in [0.5, 0.6) is 0 Å². The van der Waals surface area contributed by atoms with E-state index in [1.165, 1.54) is 19.3 Å². The molecule has 1 aromatic carbocycles. The van der Waals surface area contributed by atoms with E-state index in [1.807, 2.05) is 24.3 Å². The van der Waals surface area contributed by atoms with Crippen LogP contribution in [-0.2, 0) is 6.42 Å². The molecule has 1 saturated carbocycles. The molecule has 0 amide bonds. The maximum Gasteiger partial charge on any atom is 0.178 e. The van der Waals surface area contributed by atoms with Gasteiger partial charge in [0.1, 0.15) is 5.52 Å². The second-order valence-electron chi connectivity index (χ2n) is 6.44. The van der Waals surface area contributed by atoms with Crippen LogP contribution in [0.3, 0.4) is 0 Å². The van der Waals surface area contributed by atoms with Crippen molar-refractivity contribution in [3.05, 3.63) is 42.2 Å². The van der Waals surface area contributed by atoms with Gasteiger partial charge in [-0.25, -0.2) is 0 Å². The van der Waals surface area contributed by atoms with Crippen molar-refractivity contribution in [3.63, 3.8) is 0 Å². The normalized spacial score (nSPS) is 15.0. The topological polar surface area (TPSA) is 79.6 Å². The Kier molecular flexibility index (Phi) is 3.01. The van der Waals surface area contributed by atoms with Gasteiger partial charge in [0, 0.05) is 23.3 Å². The third-order valence-corrected chi connectivity index (χ3v) is 4.84. The molecule has 5 rings (SSSR count). The van der Waals surface area contributed by atoms with Crippen molar-refractivity contribution in [2.45, 2.75) is 25.7 Å². The van der Waals surface area contributed by atoms with Crippen LogP contribution < -0.4 is 5.32 Å². The molecule has 6 heteroatoms. The molecule has 1 aliphatic carbocycles. The number of benzene rings is 1. The standard InChI is InChI=1S/C18H17N5O/c1-3-11(4-1)9-15-13-7-6-12(10-16(13)24-23-15)20-18-17-14(21-22-18)5-2-8-19-17/h2,5-8,10-11H,1,3-4,9H2,(H2,20,21,22). The molecule has 0 unspecified atom stereocenters. The van der Waals surface area contributed by atoms with E-state index in [0.29, 0.717) is 5.82 Å². The number of nitrogens with zero attached hydrogens (tertiary/aromatic N) is 3. The highest BCUT2D eigenvalue weighted by atomic mass is 16.5. The summed E-state index contributed by atoms with van der Waals surface area (Å²) in [4.78, 5) is 4.36. The SMILES string of the molecule is c1cnc2c(Nc3ccc4c(CC5CCC5)noc4c3)n[nH]c2c1. The Labute approximate surface area is 138 Å². The van der Waals surface area contributed by atoms with Gasteiger partial charge < -0.3 is 9.84 Å². The molecule has 0 spiro atoms. The van der Waals surface area contributed by atoms with E-state index in [1.54, 1.807) is 6.20 Å². The average molecular weight is 319 g/mol. The summed E-state index contributed by atoms with van der Waals surface area (Å²) in [6.07, 6.45) is 6.75. The molecule has 6 nitrogen and oxygen atoms in total. The molecule has 0 atom stereocenters. The number of hydrogen-bond donors (Lipinski definition) is 2. The zero-order valence-corrected chi connectivity index (χ0v) is 13.1. The van der Waals surface area contributed by atoms with Crippen LogP contribution in [0.2, 0.25) is 0 Å². The summed E-state index contributed by atoms with van der Waals surface area (Å²) in [5.41, 5.74) is 4.52. The number of aromatic amines is 1. The van der Waals surface area contributed by atoms with Gasteiger partial charge >= 0.3 is 0 Å². The lowest BCUT2D eigenvalue weighted by Gasteiger charge is -2.24. The van der Waals surface area contributed by atoms with Gasteiger partial charge in [0.05, 0.1) is 11.2 Å². The first-order valence-corrected chi connectivity index (χ1v) is 8.31. The molecular formula is C18H17N5O. The van der Waals surface area contributed by atoms with Crippen LogP contribution in [0.25, 0.3) is 22.0 Å². The number of anilines is 2. The minimum atomic E-state index is 0.708. The quantitative estimate of drug-likeness (QED) is 0.589. The zero-order chi connectivity index (χ0) is 15.9. The van der Waals surface area contributed by atoms with Crippen LogP contribution in [0.15, 0.2) is 41.1 Å². The first kappa shape index (κ1) is 13.5. The predicted molar refractivity (Wildman–Crippen MR) is 92.2 cm³/mol. The fraction of sp³-hybridized carbons (Fsp3) is 0.278. The van der Waals surface area contributed by atoms with Gasteiger partial charge in [0.25, 0.3) is 0 Å². The van der Waals surface area contributed by atoms with Crippen LogP contribution in [-0.4, -0.2) is 20.3 Å². The molecule has 120 valence electrons. The molecule has 4 aromatic rings. The maximum atomic E-state index is 5.53. The third-order valence-electron chi connectivity index (χ3n) is 4.84. The van der Waals surface area contributed by atoms with Crippen molar-refractivity contribution in [3.8, 4) is 0 Å². The number of H-pyrrole nitrogens is 1. The summed E-state index contributed by atoms with van der Waals surface area (Å²) in [7, 11) is 0. The summed E-state index contributed by atoms with van der Waals surface area (Å²) in [6, 6.07) is 9.91. The summed E-state index contributed by atoms with van der Waals surface area (Å²) in [5, 5.41) is 15.9. The van der Waals surface area contributed by atoms with E-state index < -0.39 is 0 Å². The van der Waals surface area contributed by atoms with Crippen molar-refractivity contribution in [1.82, 2.24) is 20.3 Å². The van der Waals surface area contributed by atoms with Gasteiger partial charge in [-0.05, 0) is 36.6 Å². The molecule has 2 N–H and O–H groups in total. The second-order valence-corrected chi connectivity index (χ2v) is 6.44. The lowest BCUT2D eigenvalue weighted by molar-refractivity contribution is 0.306. The van der Waals surface area contributed by atoms with Crippen molar-refractivity contribution in [2.24, 2.45) is 5.92 Å². The monoisotopic (exact) mass is 319 g/mol. The van der Waals surface area contributed by atoms with E-state index >= 15 is 0 Å². The molecule has 1 fully saturated rings.